The molecule has 0 radical (unpaired) electrons. The van der Waals surface area contributed by atoms with Crippen molar-refractivity contribution in [1.29, 1.82) is 0 Å². The lowest BCUT2D eigenvalue weighted by molar-refractivity contribution is -0.131. The molecule has 222 valence electrons. The normalized spacial score (nSPS) is 16.6. The van der Waals surface area contributed by atoms with Crippen LogP contribution in [0.2, 0.25) is 18.1 Å². The van der Waals surface area contributed by atoms with Crippen LogP contribution in [0.15, 0.2) is 48.5 Å². The van der Waals surface area contributed by atoms with Gasteiger partial charge in [-0.3, -0.25) is 4.79 Å². The van der Waals surface area contributed by atoms with E-state index < -0.39 is 18.2 Å². The van der Waals surface area contributed by atoms with Crippen molar-refractivity contribution in [3.05, 3.63) is 70.8 Å². The van der Waals surface area contributed by atoms with Gasteiger partial charge in [-0.25, -0.2) is 8.42 Å². The average molecular weight is 587 g/mol. The monoisotopic (exact) mass is 586 g/mol. The number of carbonyl (C=O) groups excluding carboxylic acids is 1. The van der Waals surface area contributed by atoms with Crippen molar-refractivity contribution in [2.75, 3.05) is 32.4 Å². The van der Waals surface area contributed by atoms with Crippen LogP contribution in [0.25, 0.3) is 0 Å². The van der Waals surface area contributed by atoms with Gasteiger partial charge in [0, 0.05) is 13.6 Å². The molecular formula is C32H50N2O4SSi. The van der Waals surface area contributed by atoms with Crippen molar-refractivity contribution in [3.8, 4) is 0 Å². The van der Waals surface area contributed by atoms with E-state index >= 15 is 0 Å². The number of rotatable bonds is 12. The Labute approximate surface area is 244 Å². The maximum absolute atomic E-state index is 13.4. The van der Waals surface area contributed by atoms with Crippen LogP contribution < -0.4 is 0 Å². The zero-order chi connectivity index (χ0) is 29.7. The standard InChI is InChI=1S/C32H50N2O4SSi/c1-25-14-16-27(17-15-25)21-31(35)33(6)30(22-34-18-9-10-19-34)29-13-11-12-28(20-29)24-39(36,37)23-26(2)38-40(7,8)32(3,4)5/h11-17,20,26,30H,9-10,18-19,21-24H2,1-8H3/t26?,30-/m1/s1. The number of hydrogen-bond donors (Lipinski definition) is 0. The topological polar surface area (TPSA) is 66.9 Å². The second kappa shape index (κ2) is 13.3. The molecule has 0 aliphatic carbocycles. The molecule has 2 aromatic carbocycles. The molecule has 0 aromatic heterocycles. The van der Waals surface area contributed by atoms with Crippen LogP contribution >= 0.6 is 0 Å². The molecule has 1 amide bonds. The van der Waals surface area contributed by atoms with E-state index in [0.717, 1.165) is 36.3 Å². The van der Waals surface area contributed by atoms with Crippen molar-refractivity contribution in [2.45, 2.75) is 89.9 Å². The molecule has 3 rings (SSSR count). The fraction of sp³-hybridized carbons (Fsp3) is 0.594. The van der Waals surface area contributed by atoms with E-state index in [9.17, 15) is 13.2 Å². The van der Waals surface area contributed by atoms with Crippen molar-refractivity contribution in [1.82, 2.24) is 9.80 Å². The summed E-state index contributed by atoms with van der Waals surface area (Å²) in [6.45, 7) is 17.5. The number of amides is 1. The molecule has 2 aromatic rings. The maximum Gasteiger partial charge on any atom is 0.227 e. The van der Waals surface area contributed by atoms with Gasteiger partial charge in [0.05, 0.1) is 30.1 Å². The lowest BCUT2D eigenvalue weighted by Crippen LogP contribution is -2.44. The highest BCUT2D eigenvalue weighted by Gasteiger charge is 2.39. The molecule has 6 nitrogen and oxygen atoms in total. The summed E-state index contributed by atoms with van der Waals surface area (Å²) in [7, 11) is -3.58. The zero-order valence-corrected chi connectivity index (χ0v) is 27.7. The van der Waals surface area contributed by atoms with Gasteiger partial charge in [-0.2, -0.15) is 0 Å². The number of aryl methyl sites for hydroxylation is 1. The van der Waals surface area contributed by atoms with Gasteiger partial charge in [0.25, 0.3) is 0 Å². The van der Waals surface area contributed by atoms with E-state index in [0.29, 0.717) is 6.42 Å². The van der Waals surface area contributed by atoms with Gasteiger partial charge in [0.1, 0.15) is 0 Å². The van der Waals surface area contributed by atoms with E-state index in [1.807, 2.05) is 74.3 Å². The third-order valence-corrected chi connectivity index (χ3v) is 14.8. The molecule has 0 bridgehead atoms. The molecule has 0 N–H and O–H groups in total. The Kier molecular flexibility index (Phi) is 10.8. The summed E-state index contributed by atoms with van der Waals surface area (Å²) in [5, 5.41) is 0.0205. The SMILES string of the molecule is Cc1ccc(CC(=O)N(C)[C@H](CN2CCCC2)c2cccc(CS(=O)(=O)CC(C)O[Si](C)(C)C(C)(C)C)c2)cc1. The van der Waals surface area contributed by atoms with Crippen LogP contribution in [-0.2, 0) is 31.2 Å². The van der Waals surface area contributed by atoms with Gasteiger partial charge in [-0.1, -0.05) is 74.9 Å². The Morgan fingerprint density at radius 3 is 2.27 bits per heavy atom. The van der Waals surface area contributed by atoms with Crippen LogP contribution in [0, 0.1) is 6.92 Å². The number of likely N-dealkylation sites (N-methyl/N-ethyl adjacent to an activating group) is 1. The van der Waals surface area contributed by atoms with Crippen LogP contribution in [0.3, 0.4) is 0 Å². The molecule has 1 heterocycles. The van der Waals surface area contributed by atoms with Gasteiger partial charge in [-0.15, -0.1) is 0 Å². The zero-order valence-electron chi connectivity index (χ0n) is 25.9. The smallest absolute Gasteiger partial charge is 0.227 e. The third-order valence-electron chi connectivity index (χ3n) is 8.48. The number of hydrogen-bond acceptors (Lipinski definition) is 5. The number of nitrogens with zero attached hydrogens (tertiary/aromatic N) is 2. The summed E-state index contributed by atoms with van der Waals surface area (Å²) < 4.78 is 32.8. The van der Waals surface area contributed by atoms with Crippen LogP contribution in [0.1, 0.15) is 68.8 Å². The third kappa shape index (κ3) is 9.26. The van der Waals surface area contributed by atoms with E-state index in [1.54, 1.807) is 0 Å². The van der Waals surface area contributed by atoms with E-state index in [4.69, 9.17) is 4.43 Å². The molecule has 1 aliphatic rings. The second-order valence-corrected chi connectivity index (χ2v) is 20.0. The first kappa shape index (κ1) is 32.5. The Bertz CT molecular complexity index is 1230. The van der Waals surface area contributed by atoms with Crippen LogP contribution in [0.5, 0.6) is 0 Å². The first-order chi connectivity index (χ1) is 18.6. The fourth-order valence-corrected chi connectivity index (χ4v) is 8.27. The summed E-state index contributed by atoms with van der Waals surface area (Å²) in [5.41, 5.74) is 3.90. The summed E-state index contributed by atoms with van der Waals surface area (Å²) in [6.07, 6.45) is 2.32. The van der Waals surface area contributed by atoms with Crippen LogP contribution in [0.4, 0.5) is 0 Å². The Balaban J connectivity index is 1.77. The molecule has 1 fully saturated rings. The highest BCUT2D eigenvalue weighted by Crippen LogP contribution is 2.37. The van der Waals surface area contributed by atoms with Crippen molar-refractivity contribution >= 4 is 24.1 Å². The maximum atomic E-state index is 13.4. The van der Waals surface area contributed by atoms with Gasteiger partial charge in [0.15, 0.2) is 18.2 Å². The van der Waals surface area contributed by atoms with Gasteiger partial charge < -0.3 is 14.2 Å². The Hall–Kier alpha value is -2.00. The van der Waals surface area contributed by atoms with E-state index in [2.05, 4.69) is 38.8 Å². The van der Waals surface area contributed by atoms with Crippen LogP contribution in [-0.4, -0.2) is 71.0 Å². The molecule has 8 heteroatoms. The van der Waals surface area contributed by atoms with Crippen molar-refractivity contribution in [3.63, 3.8) is 0 Å². The minimum absolute atomic E-state index is 0.00408. The minimum Gasteiger partial charge on any atom is -0.413 e. The second-order valence-electron chi connectivity index (χ2n) is 13.2. The number of carbonyl (C=O) groups is 1. The average Bonchev–Trinajstić information content (AvgIpc) is 3.35. The van der Waals surface area contributed by atoms with Crippen molar-refractivity contribution in [2.24, 2.45) is 0 Å². The molecule has 0 saturated carbocycles. The molecular weight excluding hydrogens is 537 g/mol. The predicted molar refractivity (Wildman–Crippen MR) is 168 cm³/mol. The Morgan fingerprint density at radius 1 is 1.05 bits per heavy atom. The molecule has 1 aliphatic heterocycles. The van der Waals surface area contributed by atoms with Gasteiger partial charge >= 0.3 is 0 Å². The molecule has 1 unspecified atom stereocenters. The molecule has 40 heavy (non-hydrogen) atoms. The van der Waals surface area contributed by atoms with Crippen molar-refractivity contribution < 1.29 is 17.6 Å². The highest BCUT2D eigenvalue weighted by atomic mass is 32.2. The first-order valence-electron chi connectivity index (χ1n) is 14.6. The molecule has 1 saturated heterocycles. The summed E-state index contributed by atoms with van der Waals surface area (Å²) in [6, 6.07) is 15.7. The van der Waals surface area contributed by atoms with E-state index in [-0.39, 0.29) is 34.6 Å². The summed E-state index contributed by atoms with van der Waals surface area (Å²) in [4.78, 5) is 17.7. The predicted octanol–water partition coefficient (Wildman–Crippen LogP) is 6.16. The number of sulfone groups is 1. The van der Waals surface area contributed by atoms with Gasteiger partial charge in [0.2, 0.25) is 5.91 Å². The molecule has 2 atom stereocenters. The lowest BCUT2D eigenvalue weighted by Gasteiger charge is -2.38. The quantitative estimate of drug-likeness (QED) is 0.279. The van der Waals surface area contributed by atoms with Gasteiger partial charge in [-0.05, 0) is 74.6 Å². The minimum atomic E-state index is -3.39. The molecule has 0 spiro atoms. The summed E-state index contributed by atoms with van der Waals surface area (Å²) in [5.74, 6) is 0.0158. The van der Waals surface area contributed by atoms with E-state index in [1.165, 1.54) is 18.4 Å². The Morgan fingerprint density at radius 2 is 1.68 bits per heavy atom. The fourth-order valence-electron chi connectivity index (χ4n) is 5.11. The first-order valence-corrected chi connectivity index (χ1v) is 19.3. The lowest BCUT2D eigenvalue weighted by atomic mass is 10.0. The number of likely N-dealkylation sites (tertiary alicyclic amines) is 1. The summed E-state index contributed by atoms with van der Waals surface area (Å²) >= 11 is 0. The largest absolute Gasteiger partial charge is 0.413 e. The highest BCUT2D eigenvalue weighted by molar-refractivity contribution is 7.90. The number of benzene rings is 2.